The van der Waals surface area contributed by atoms with E-state index in [9.17, 15) is 9.18 Å². The third-order valence-corrected chi connectivity index (χ3v) is 4.96. The molecular formula is C21H20FN3O. The van der Waals surface area contributed by atoms with Crippen LogP contribution in [-0.4, -0.2) is 27.5 Å². The van der Waals surface area contributed by atoms with Crippen LogP contribution in [0.4, 0.5) is 4.39 Å². The van der Waals surface area contributed by atoms with Crippen LogP contribution in [0, 0.1) is 5.82 Å². The maximum atomic E-state index is 13.2. The zero-order valence-electron chi connectivity index (χ0n) is 14.4. The summed E-state index contributed by atoms with van der Waals surface area (Å²) in [6, 6.07) is 16.0. The summed E-state index contributed by atoms with van der Waals surface area (Å²) in [5, 5.41) is 6.87. The number of aromatic nitrogens is 2. The number of rotatable bonds is 3. The molecule has 132 valence electrons. The minimum absolute atomic E-state index is 0.00383. The summed E-state index contributed by atoms with van der Waals surface area (Å²) in [5.74, 6) is -0.230. The Morgan fingerprint density at radius 2 is 1.81 bits per heavy atom. The summed E-state index contributed by atoms with van der Waals surface area (Å²) in [6.45, 7) is 0.725. The van der Waals surface area contributed by atoms with E-state index in [2.05, 4.69) is 10.2 Å². The number of aromatic amines is 1. The van der Waals surface area contributed by atoms with Gasteiger partial charge in [0.15, 0.2) is 0 Å². The molecule has 0 radical (unpaired) electrons. The summed E-state index contributed by atoms with van der Waals surface area (Å²) >= 11 is 0. The summed E-state index contributed by atoms with van der Waals surface area (Å²) in [7, 11) is 0. The molecule has 1 atom stereocenters. The van der Waals surface area contributed by atoms with Crippen molar-refractivity contribution in [3.05, 3.63) is 77.7 Å². The molecule has 2 aromatic carbocycles. The highest BCUT2D eigenvalue weighted by atomic mass is 19.1. The highest BCUT2D eigenvalue weighted by Gasteiger charge is 2.28. The molecule has 1 fully saturated rings. The fourth-order valence-corrected chi connectivity index (χ4v) is 3.58. The van der Waals surface area contributed by atoms with E-state index in [1.165, 1.54) is 12.1 Å². The number of carbonyl (C=O) groups excluding carboxylic acids is 1. The van der Waals surface area contributed by atoms with Gasteiger partial charge >= 0.3 is 0 Å². The van der Waals surface area contributed by atoms with E-state index in [1.54, 1.807) is 18.3 Å². The minimum atomic E-state index is -0.253. The summed E-state index contributed by atoms with van der Waals surface area (Å²) < 4.78 is 13.2. The number of nitrogens with zero attached hydrogens (tertiary/aromatic N) is 2. The van der Waals surface area contributed by atoms with Gasteiger partial charge in [0.25, 0.3) is 5.91 Å². The van der Waals surface area contributed by atoms with E-state index in [0.29, 0.717) is 5.56 Å². The molecule has 5 heteroatoms. The second kappa shape index (κ2) is 7.12. The first kappa shape index (κ1) is 16.5. The maximum Gasteiger partial charge on any atom is 0.254 e. The van der Waals surface area contributed by atoms with Gasteiger partial charge in [0.1, 0.15) is 5.82 Å². The van der Waals surface area contributed by atoms with Crippen molar-refractivity contribution in [3.8, 4) is 11.3 Å². The van der Waals surface area contributed by atoms with Gasteiger partial charge in [-0.3, -0.25) is 9.89 Å². The van der Waals surface area contributed by atoms with Crippen LogP contribution >= 0.6 is 0 Å². The van der Waals surface area contributed by atoms with E-state index >= 15 is 0 Å². The largest absolute Gasteiger partial charge is 0.332 e. The first-order valence-corrected chi connectivity index (χ1v) is 8.88. The van der Waals surface area contributed by atoms with Crippen LogP contribution in [0.15, 0.2) is 60.8 Å². The van der Waals surface area contributed by atoms with Gasteiger partial charge in [-0.15, -0.1) is 0 Å². The van der Waals surface area contributed by atoms with Crippen molar-refractivity contribution in [3.63, 3.8) is 0 Å². The second-order valence-electron chi connectivity index (χ2n) is 6.61. The molecule has 4 nitrogen and oxygen atoms in total. The number of nitrogens with one attached hydrogen (secondary N) is 1. The SMILES string of the molecule is O=C(c1ccc(-c2ccn[nH]2)cc1)N1CCCC[C@H]1c1ccc(F)cc1. The molecule has 1 N–H and O–H groups in total. The molecule has 1 amide bonds. The molecular weight excluding hydrogens is 329 g/mol. The minimum Gasteiger partial charge on any atom is -0.332 e. The highest BCUT2D eigenvalue weighted by molar-refractivity contribution is 5.95. The maximum absolute atomic E-state index is 13.2. The molecule has 0 spiro atoms. The molecule has 1 aliphatic rings. The van der Waals surface area contributed by atoms with Crippen LogP contribution < -0.4 is 0 Å². The Labute approximate surface area is 151 Å². The Bertz CT molecular complexity index is 873. The average Bonchev–Trinajstić information content (AvgIpc) is 3.23. The Hall–Kier alpha value is -2.95. The van der Waals surface area contributed by atoms with Gasteiger partial charge in [0, 0.05) is 18.3 Å². The van der Waals surface area contributed by atoms with Crippen molar-refractivity contribution in [2.45, 2.75) is 25.3 Å². The van der Waals surface area contributed by atoms with E-state index < -0.39 is 0 Å². The Kier molecular flexibility index (Phi) is 4.52. The average molecular weight is 349 g/mol. The standard InChI is InChI=1S/C21H20FN3O/c22-18-10-8-16(9-11-18)20-3-1-2-14-25(20)21(26)17-6-4-15(5-7-17)19-12-13-23-24-19/h4-13,20H,1-3,14H2,(H,23,24)/t20-/m0/s1. The third-order valence-electron chi connectivity index (χ3n) is 4.96. The number of benzene rings is 2. The van der Waals surface area contributed by atoms with Crippen molar-refractivity contribution >= 4 is 5.91 Å². The fraction of sp³-hybridized carbons (Fsp3) is 0.238. The number of halogens is 1. The Balaban J connectivity index is 1.58. The van der Waals surface area contributed by atoms with Crippen LogP contribution in [0.3, 0.4) is 0 Å². The lowest BCUT2D eigenvalue weighted by molar-refractivity contribution is 0.0611. The van der Waals surface area contributed by atoms with Crippen molar-refractivity contribution < 1.29 is 9.18 Å². The van der Waals surface area contributed by atoms with E-state index in [-0.39, 0.29) is 17.8 Å². The number of amides is 1. The van der Waals surface area contributed by atoms with Crippen molar-refractivity contribution in [1.29, 1.82) is 0 Å². The van der Waals surface area contributed by atoms with Crippen molar-refractivity contribution in [2.75, 3.05) is 6.54 Å². The number of H-pyrrole nitrogens is 1. The molecule has 3 aromatic rings. The summed E-state index contributed by atoms with van der Waals surface area (Å²) in [6.07, 6.45) is 4.68. The number of hydrogen-bond donors (Lipinski definition) is 1. The topological polar surface area (TPSA) is 49.0 Å². The van der Waals surface area contributed by atoms with Crippen LogP contribution in [0.25, 0.3) is 11.3 Å². The lowest BCUT2D eigenvalue weighted by atomic mass is 9.94. The number of piperidine rings is 1. The monoisotopic (exact) mass is 349 g/mol. The van der Waals surface area contributed by atoms with Gasteiger partial charge in [-0.05, 0) is 60.7 Å². The molecule has 2 heterocycles. The Morgan fingerprint density at radius 3 is 2.50 bits per heavy atom. The Morgan fingerprint density at radius 1 is 1.04 bits per heavy atom. The number of carbonyl (C=O) groups is 1. The van der Waals surface area contributed by atoms with E-state index in [1.807, 2.05) is 35.2 Å². The zero-order chi connectivity index (χ0) is 17.9. The lowest BCUT2D eigenvalue weighted by Gasteiger charge is -2.36. The molecule has 4 rings (SSSR count). The van der Waals surface area contributed by atoms with Crippen LogP contribution in [0.1, 0.15) is 41.2 Å². The molecule has 26 heavy (non-hydrogen) atoms. The molecule has 0 saturated carbocycles. The van der Waals surface area contributed by atoms with E-state index in [0.717, 1.165) is 42.6 Å². The van der Waals surface area contributed by atoms with Crippen molar-refractivity contribution in [2.24, 2.45) is 0 Å². The quantitative estimate of drug-likeness (QED) is 0.752. The number of likely N-dealkylation sites (tertiary alicyclic amines) is 1. The van der Waals surface area contributed by atoms with E-state index in [4.69, 9.17) is 0 Å². The second-order valence-corrected chi connectivity index (χ2v) is 6.61. The molecule has 1 saturated heterocycles. The van der Waals surface area contributed by atoms with Gasteiger partial charge in [0.05, 0.1) is 11.7 Å². The number of hydrogen-bond acceptors (Lipinski definition) is 2. The van der Waals surface area contributed by atoms with Gasteiger partial charge in [-0.25, -0.2) is 4.39 Å². The molecule has 0 bridgehead atoms. The third kappa shape index (κ3) is 3.25. The predicted octanol–water partition coefficient (Wildman–Crippen LogP) is 4.58. The first-order chi connectivity index (χ1) is 12.7. The van der Waals surface area contributed by atoms with Crippen molar-refractivity contribution in [1.82, 2.24) is 15.1 Å². The van der Waals surface area contributed by atoms with Gasteiger partial charge < -0.3 is 4.90 Å². The normalized spacial score (nSPS) is 17.3. The molecule has 1 aliphatic heterocycles. The first-order valence-electron chi connectivity index (χ1n) is 8.88. The summed E-state index contributed by atoms with van der Waals surface area (Å²) in [4.78, 5) is 15.0. The highest BCUT2D eigenvalue weighted by Crippen LogP contribution is 2.32. The van der Waals surface area contributed by atoms with Crippen LogP contribution in [0.2, 0.25) is 0 Å². The predicted molar refractivity (Wildman–Crippen MR) is 98.1 cm³/mol. The van der Waals surface area contributed by atoms with Gasteiger partial charge in [-0.2, -0.15) is 5.10 Å². The van der Waals surface area contributed by atoms with Gasteiger partial charge in [-0.1, -0.05) is 24.3 Å². The zero-order valence-corrected chi connectivity index (χ0v) is 14.4. The van der Waals surface area contributed by atoms with Gasteiger partial charge in [0.2, 0.25) is 0 Å². The fourth-order valence-electron chi connectivity index (χ4n) is 3.58. The molecule has 1 aromatic heterocycles. The molecule has 0 aliphatic carbocycles. The van der Waals surface area contributed by atoms with Crippen LogP contribution in [0.5, 0.6) is 0 Å². The van der Waals surface area contributed by atoms with Crippen LogP contribution in [-0.2, 0) is 0 Å². The smallest absolute Gasteiger partial charge is 0.254 e. The summed E-state index contributed by atoms with van der Waals surface area (Å²) in [5.41, 5.74) is 3.58. The molecule has 0 unspecified atom stereocenters. The lowest BCUT2D eigenvalue weighted by Crippen LogP contribution is -2.38.